The maximum atomic E-state index is 13.8. The fourth-order valence-electron chi connectivity index (χ4n) is 2.79. The zero-order valence-electron chi connectivity index (χ0n) is 14.2. The molecule has 0 bridgehead atoms. The Kier molecular flexibility index (Phi) is 5.11. The van der Waals surface area contributed by atoms with E-state index in [1.165, 1.54) is 31.5 Å². The minimum atomic E-state index is -0.734. The molecular formula is C18H18F2N4O2. The minimum absolute atomic E-state index is 0.0168. The first-order chi connectivity index (χ1) is 12.5. The maximum Gasteiger partial charge on any atom is 0.255 e. The molecule has 3 rings (SSSR count). The molecule has 0 unspecified atom stereocenters. The van der Waals surface area contributed by atoms with Gasteiger partial charge < -0.3 is 15.1 Å². The average Bonchev–Trinajstić information content (AvgIpc) is 2.64. The highest BCUT2D eigenvalue weighted by Gasteiger charge is 2.23. The van der Waals surface area contributed by atoms with Crippen molar-refractivity contribution < 1.29 is 18.4 Å². The molecule has 1 aromatic heterocycles. The molecule has 1 saturated heterocycles. The molecule has 1 aliphatic heterocycles. The van der Waals surface area contributed by atoms with Gasteiger partial charge >= 0.3 is 0 Å². The number of rotatable bonds is 3. The number of piperazine rings is 1. The van der Waals surface area contributed by atoms with E-state index in [2.05, 4.69) is 10.3 Å². The molecule has 2 amide bonds. The van der Waals surface area contributed by atoms with Gasteiger partial charge in [0.25, 0.3) is 5.91 Å². The van der Waals surface area contributed by atoms with E-state index in [0.29, 0.717) is 37.4 Å². The van der Waals surface area contributed by atoms with Crippen LogP contribution >= 0.6 is 0 Å². The van der Waals surface area contributed by atoms with E-state index >= 15 is 0 Å². The standard InChI is InChI=1S/C18H18F2N4O2/c1-12(25)23-5-7-24(8-6-23)18(26)13-9-14(11-21-10-13)22-17-15(19)3-2-4-16(17)20/h2-4,9-11,22H,5-8H2,1H3. The zero-order chi connectivity index (χ0) is 18.7. The summed E-state index contributed by atoms with van der Waals surface area (Å²) in [5, 5.41) is 2.62. The van der Waals surface area contributed by atoms with Crippen LogP contribution in [-0.2, 0) is 4.79 Å². The van der Waals surface area contributed by atoms with Crippen LogP contribution in [0.4, 0.5) is 20.2 Å². The molecule has 136 valence electrons. The summed E-state index contributed by atoms with van der Waals surface area (Å²) < 4.78 is 27.5. The Morgan fingerprint density at radius 3 is 2.27 bits per heavy atom. The lowest BCUT2D eigenvalue weighted by atomic mass is 10.2. The lowest BCUT2D eigenvalue weighted by Gasteiger charge is -2.34. The van der Waals surface area contributed by atoms with E-state index in [4.69, 9.17) is 0 Å². The predicted molar refractivity (Wildman–Crippen MR) is 92.0 cm³/mol. The van der Waals surface area contributed by atoms with Crippen molar-refractivity contribution in [1.29, 1.82) is 0 Å². The number of halogens is 2. The number of aromatic nitrogens is 1. The van der Waals surface area contributed by atoms with Gasteiger partial charge in [0.15, 0.2) is 0 Å². The number of hydrogen-bond donors (Lipinski definition) is 1. The number of nitrogens with zero attached hydrogens (tertiary/aromatic N) is 3. The predicted octanol–water partition coefficient (Wildman–Crippen LogP) is 2.41. The minimum Gasteiger partial charge on any atom is -0.349 e. The molecule has 0 radical (unpaired) electrons. The molecule has 26 heavy (non-hydrogen) atoms. The summed E-state index contributed by atoms with van der Waals surface area (Å²) in [6.45, 7) is 3.31. The molecule has 0 saturated carbocycles. The third kappa shape index (κ3) is 3.79. The third-order valence-corrected chi connectivity index (χ3v) is 4.23. The van der Waals surface area contributed by atoms with Crippen molar-refractivity contribution in [2.75, 3.05) is 31.5 Å². The van der Waals surface area contributed by atoms with E-state index in [0.717, 1.165) is 12.1 Å². The number of carbonyl (C=O) groups is 2. The van der Waals surface area contributed by atoms with Crippen LogP contribution in [-0.4, -0.2) is 52.8 Å². The smallest absolute Gasteiger partial charge is 0.255 e. The van der Waals surface area contributed by atoms with Crippen LogP contribution in [0.3, 0.4) is 0 Å². The Morgan fingerprint density at radius 2 is 1.65 bits per heavy atom. The lowest BCUT2D eigenvalue weighted by Crippen LogP contribution is -2.50. The zero-order valence-corrected chi connectivity index (χ0v) is 14.2. The molecule has 0 spiro atoms. The SMILES string of the molecule is CC(=O)N1CCN(C(=O)c2cncc(Nc3c(F)cccc3F)c2)CC1. The number of pyridine rings is 1. The second-order valence-electron chi connectivity index (χ2n) is 5.98. The topological polar surface area (TPSA) is 65.5 Å². The van der Waals surface area contributed by atoms with Gasteiger partial charge in [0.1, 0.15) is 17.3 Å². The molecule has 1 fully saturated rings. The first kappa shape index (κ1) is 17.8. The summed E-state index contributed by atoms with van der Waals surface area (Å²) in [6, 6.07) is 5.05. The van der Waals surface area contributed by atoms with Crippen molar-refractivity contribution in [3.05, 3.63) is 53.9 Å². The van der Waals surface area contributed by atoms with E-state index in [-0.39, 0.29) is 17.5 Å². The summed E-state index contributed by atoms with van der Waals surface area (Å²) in [5.41, 5.74) is 0.319. The number of hydrogen-bond acceptors (Lipinski definition) is 4. The number of anilines is 2. The maximum absolute atomic E-state index is 13.8. The molecule has 1 aromatic carbocycles. The van der Waals surface area contributed by atoms with Gasteiger partial charge in [-0.3, -0.25) is 14.6 Å². The molecule has 0 atom stereocenters. The Balaban J connectivity index is 1.73. The van der Waals surface area contributed by atoms with Crippen LogP contribution in [0.2, 0.25) is 0 Å². The Labute approximate surface area is 149 Å². The molecule has 6 nitrogen and oxygen atoms in total. The van der Waals surface area contributed by atoms with Crippen LogP contribution in [0.1, 0.15) is 17.3 Å². The lowest BCUT2D eigenvalue weighted by molar-refractivity contribution is -0.130. The van der Waals surface area contributed by atoms with E-state index in [9.17, 15) is 18.4 Å². The number of nitrogens with one attached hydrogen (secondary N) is 1. The van der Waals surface area contributed by atoms with Crippen molar-refractivity contribution in [1.82, 2.24) is 14.8 Å². The van der Waals surface area contributed by atoms with Crippen molar-refractivity contribution in [3.63, 3.8) is 0 Å². The normalized spacial score (nSPS) is 14.3. The fraction of sp³-hybridized carbons (Fsp3) is 0.278. The summed E-state index contributed by atoms with van der Waals surface area (Å²) in [7, 11) is 0. The quantitative estimate of drug-likeness (QED) is 0.913. The first-order valence-corrected chi connectivity index (χ1v) is 8.16. The second kappa shape index (κ2) is 7.47. The van der Waals surface area contributed by atoms with Crippen molar-refractivity contribution >= 4 is 23.2 Å². The van der Waals surface area contributed by atoms with Crippen molar-refractivity contribution in [3.8, 4) is 0 Å². The summed E-state index contributed by atoms with van der Waals surface area (Å²) >= 11 is 0. The van der Waals surface area contributed by atoms with Gasteiger partial charge in [0.05, 0.1) is 17.4 Å². The van der Waals surface area contributed by atoms with Crippen LogP contribution in [0.5, 0.6) is 0 Å². The van der Waals surface area contributed by atoms with Crippen LogP contribution in [0.25, 0.3) is 0 Å². The summed E-state index contributed by atoms with van der Waals surface area (Å²) in [6.07, 6.45) is 2.79. The van der Waals surface area contributed by atoms with Crippen molar-refractivity contribution in [2.45, 2.75) is 6.92 Å². The highest BCUT2D eigenvalue weighted by Crippen LogP contribution is 2.23. The van der Waals surface area contributed by atoms with Gasteiger partial charge in [-0.2, -0.15) is 0 Å². The first-order valence-electron chi connectivity index (χ1n) is 8.16. The average molecular weight is 360 g/mol. The molecule has 1 aliphatic rings. The Hall–Kier alpha value is -3.03. The molecule has 2 heterocycles. The molecule has 2 aromatic rings. The molecular weight excluding hydrogens is 342 g/mol. The third-order valence-electron chi connectivity index (χ3n) is 4.23. The van der Waals surface area contributed by atoms with E-state index in [1.54, 1.807) is 9.80 Å². The Bertz CT molecular complexity index is 815. The summed E-state index contributed by atoms with van der Waals surface area (Å²) in [5.74, 6) is -1.72. The molecule has 0 aliphatic carbocycles. The second-order valence-corrected chi connectivity index (χ2v) is 5.98. The number of amides is 2. The monoisotopic (exact) mass is 360 g/mol. The van der Waals surface area contributed by atoms with Crippen LogP contribution < -0.4 is 5.32 Å². The number of benzene rings is 1. The van der Waals surface area contributed by atoms with Gasteiger partial charge in [-0.25, -0.2) is 8.78 Å². The van der Waals surface area contributed by atoms with Gasteiger partial charge in [-0.05, 0) is 18.2 Å². The van der Waals surface area contributed by atoms with Crippen LogP contribution in [0, 0.1) is 11.6 Å². The molecule has 1 N–H and O–H groups in total. The van der Waals surface area contributed by atoms with Crippen molar-refractivity contribution in [2.24, 2.45) is 0 Å². The summed E-state index contributed by atoms with van der Waals surface area (Å²) in [4.78, 5) is 31.3. The highest BCUT2D eigenvalue weighted by atomic mass is 19.1. The fourth-order valence-corrected chi connectivity index (χ4v) is 2.79. The van der Waals surface area contributed by atoms with E-state index < -0.39 is 11.6 Å². The van der Waals surface area contributed by atoms with Gasteiger partial charge in [-0.15, -0.1) is 0 Å². The van der Waals surface area contributed by atoms with Gasteiger partial charge in [0.2, 0.25) is 5.91 Å². The Morgan fingerprint density at radius 1 is 1.04 bits per heavy atom. The van der Waals surface area contributed by atoms with Gasteiger partial charge in [-0.1, -0.05) is 6.07 Å². The van der Waals surface area contributed by atoms with E-state index in [1.807, 2.05) is 0 Å². The number of para-hydroxylation sites is 1. The highest BCUT2D eigenvalue weighted by molar-refractivity contribution is 5.95. The molecule has 8 heteroatoms. The number of carbonyl (C=O) groups excluding carboxylic acids is 2. The van der Waals surface area contributed by atoms with Crippen LogP contribution in [0.15, 0.2) is 36.7 Å². The largest absolute Gasteiger partial charge is 0.349 e. The van der Waals surface area contributed by atoms with Gasteiger partial charge in [0, 0.05) is 39.3 Å².